The molecule has 0 saturated carbocycles. The summed E-state index contributed by atoms with van der Waals surface area (Å²) in [5, 5.41) is 7.05. The van der Waals surface area contributed by atoms with Crippen molar-refractivity contribution in [2.24, 2.45) is 0 Å². The molecule has 0 spiro atoms. The van der Waals surface area contributed by atoms with Crippen molar-refractivity contribution in [2.45, 2.75) is 6.92 Å². The van der Waals surface area contributed by atoms with E-state index in [0.717, 1.165) is 15.8 Å². The first-order valence-corrected chi connectivity index (χ1v) is 8.36. The van der Waals surface area contributed by atoms with Crippen LogP contribution in [-0.2, 0) is 0 Å². The van der Waals surface area contributed by atoms with Gasteiger partial charge in [-0.05, 0) is 49.5 Å². The number of carbonyl (C=O) groups excluding carboxylic acids is 1. The molecule has 23 heavy (non-hydrogen) atoms. The minimum absolute atomic E-state index is 0.210. The highest BCUT2D eigenvalue weighted by atomic mass is 35.5. The fourth-order valence-corrected chi connectivity index (χ4v) is 3.44. The monoisotopic (exact) mass is 361 g/mol. The van der Waals surface area contributed by atoms with Crippen LogP contribution in [0.1, 0.15) is 15.9 Å². The van der Waals surface area contributed by atoms with Gasteiger partial charge in [-0.1, -0.05) is 40.6 Å². The zero-order chi connectivity index (χ0) is 16.4. The predicted octanol–water partition coefficient (Wildman–Crippen LogP) is 4.38. The van der Waals surface area contributed by atoms with Crippen LogP contribution < -0.4 is 10.6 Å². The third kappa shape index (κ3) is 3.85. The molecule has 4 nitrogen and oxygen atoms in total. The van der Waals surface area contributed by atoms with Gasteiger partial charge in [-0.3, -0.25) is 10.1 Å². The normalized spacial score (nSPS) is 10.5. The first-order valence-electron chi connectivity index (χ1n) is 6.76. The minimum atomic E-state index is -0.254. The van der Waals surface area contributed by atoms with Crippen molar-refractivity contribution >= 4 is 61.5 Å². The molecule has 0 bridgehead atoms. The molecule has 0 unspecified atom stereocenters. The molecule has 1 aromatic heterocycles. The molecule has 116 valence electrons. The van der Waals surface area contributed by atoms with Gasteiger partial charge in [-0.15, -0.1) is 0 Å². The van der Waals surface area contributed by atoms with Gasteiger partial charge < -0.3 is 5.32 Å². The van der Waals surface area contributed by atoms with Crippen LogP contribution in [0.15, 0.2) is 42.5 Å². The molecule has 1 amide bonds. The molecule has 2 aromatic carbocycles. The molecular weight excluding hydrogens is 350 g/mol. The Bertz CT molecular complexity index is 907. The van der Waals surface area contributed by atoms with Gasteiger partial charge in [0, 0.05) is 10.6 Å². The average Bonchev–Trinajstić information content (AvgIpc) is 2.88. The number of halogens is 1. The van der Waals surface area contributed by atoms with Crippen LogP contribution in [-0.4, -0.2) is 16.0 Å². The van der Waals surface area contributed by atoms with E-state index in [-0.39, 0.29) is 11.0 Å². The number of rotatable bonds is 2. The number of anilines is 1. The van der Waals surface area contributed by atoms with Gasteiger partial charge in [0.15, 0.2) is 10.2 Å². The van der Waals surface area contributed by atoms with E-state index in [9.17, 15) is 4.79 Å². The van der Waals surface area contributed by atoms with Gasteiger partial charge in [0.25, 0.3) is 5.91 Å². The molecule has 3 rings (SSSR count). The van der Waals surface area contributed by atoms with Crippen LogP contribution in [0.5, 0.6) is 0 Å². The number of aryl methyl sites for hydroxylation is 1. The largest absolute Gasteiger partial charge is 0.308 e. The van der Waals surface area contributed by atoms with Gasteiger partial charge in [-0.2, -0.15) is 0 Å². The first-order chi connectivity index (χ1) is 11.0. The van der Waals surface area contributed by atoms with E-state index in [1.54, 1.807) is 18.2 Å². The van der Waals surface area contributed by atoms with Gasteiger partial charge >= 0.3 is 0 Å². The topological polar surface area (TPSA) is 54.0 Å². The van der Waals surface area contributed by atoms with Crippen LogP contribution >= 0.6 is 35.2 Å². The first kappa shape index (κ1) is 15.9. The fourth-order valence-electron chi connectivity index (χ4n) is 2.04. The summed E-state index contributed by atoms with van der Waals surface area (Å²) >= 11 is 12.6. The Kier molecular flexibility index (Phi) is 4.56. The molecule has 0 fully saturated rings. The lowest BCUT2D eigenvalue weighted by molar-refractivity contribution is 0.0977. The number of nitrogens with one attached hydrogen (secondary N) is 2. The van der Waals surface area contributed by atoms with Crippen molar-refractivity contribution in [1.29, 1.82) is 0 Å². The van der Waals surface area contributed by atoms with Crippen molar-refractivity contribution in [3.8, 4) is 0 Å². The molecule has 0 saturated heterocycles. The van der Waals surface area contributed by atoms with Gasteiger partial charge in [-0.25, -0.2) is 4.98 Å². The van der Waals surface area contributed by atoms with Gasteiger partial charge in [0.1, 0.15) is 0 Å². The van der Waals surface area contributed by atoms with E-state index in [0.29, 0.717) is 15.7 Å². The third-order valence-corrected chi connectivity index (χ3v) is 4.45. The number of amides is 1. The van der Waals surface area contributed by atoms with Gasteiger partial charge in [0.05, 0.1) is 10.2 Å². The van der Waals surface area contributed by atoms with E-state index in [1.807, 2.05) is 31.2 Å². The highest BCUT2D eigenvalue weighted by Crippen LogP contribution is 2.28. The molecule has 0 atom stereocenters. The zero-order valence-electron chi connectivity index (χ0n) is 12.1. The van der Waals surface area contributed by atoms with Crippen molar-refractivity contribution in [3.05, 3.63) is 58.6 Å². The van der Waals surface area contributed by atoms with E-state index >= 15 is 0 Å². The number of hydrogen-bond donors (Lipinski definition) is 2. The Morgan fingerprint density at radius 1 is 1.26 bits per heavy atom. The molecule has 0 aliphatic rings. The van der Waals surface area contributed by atoms with E-state index in [1.165, 1.54) is 11.3 Å². The minimum Gasteiger partial charge on any atom is -0.308 e. The van der Waals surface area contributed by atoms with Gasteiger partial charge in [0.2, 0.25) is 0 Å². The lowest BCUT2D eigenvalue weighted by Crippen LogP contribution is -2.34. The number of benzene rings is 2. The summed E-state index contributed by atoms with van der Waals surface area (Å²) in [5.74, 6) is -0.254. The van der Waals surface area contributed by atoms with Crippen LogP contribution in [0, 0.1) is 6.92 Å². The zero-order valence-corrected chi connectivity index (χ0v) is 14.5. The summed E-state index contributed by atoms with van der Waals surface area (Å²) in [6, 6.07) is 12.8. The third-order valence-electron chi connectivity index (χ3n) is 3.08. The summed E-state index contributed by atoms with van der Waals surface area (Å²) < 4.78 is 0.952. The molecule has 7 heteroatoms. The number of thiocarbonyl (C=S) groups is 1. The van der Waals surface area contributed by atoms with E-state index in [4.69, 9.17) is 23.8 Å². The smallest absolute Gasteiger partial charge is 0.257 e. The summed E-state index contributed by atoms with van der Waals surface area (Å²) in [6.07, 6.45) is 0. The lowest BCUT2D eigenvalue weighted by Gasteiger charge is -2.07. The Balaban J connectivity index is 1.69. The highest BCUT2D eigenvalue weighted by Gasteiger charge is 2.10. The number of thiazole rings is 1. The quantitative estimate of drug-likeness (QED) is 0.665. The standard InChI is InChI=1S/C16H12ClN3OS2/c1-9-3-2-4-10(7-9)14(21)19-15(22)20-16-18-12-6-5-11(17)8-13(12)23-16/h2-8H,1H3,(H2,18,19,20,21,22). The average molecular weight is 362 g/mol. The summed E-state index contributed by atoms with van der Waals surface area (Å²) in [4.78, 5) is 16.5. The SMILES string of the molecule is Cc1cccc(C(=O)NC(=S)Nc2nc3ccc(Cl)cc3s2)c1. The summed E-state index contributed by atoms with van der Waals surface area (Å²) in [6.45, 7) is 1.93. The number of hydrogen-bond acceptors (Lipinski definition) is 4. The molecule has 1 heterocycles. The maximum atomic E-state index is 12.1. The second-order valence-electron chi connectivity index (χ2n) is 4.91. The van der Waals surface area contributed by atoms with Crippen LogP contribution in [0.2, 0.25) is 5.02 Å². The molecule has 2 N–H and O–H groups in total. The van der Waals surface area contributed by atoms with Crippen LogP contribution in [0.25, 0.3) is 10.2 Å². The molecule has 0 radical (unpaired) electrons. The van der Waals surface area contributed by atoms with E-state index < -0.39 is 0 Å². The molecule has 0 aliphatic heterocycles. The molecule has 0 aliphatic carbocycles. The van der Waals surface area contributed by atoms with Crippen molar-refractivity contribution < 1.29 is 4.79 Å². The lowest BCUT2D eigenvalue weighted by atomic mass is 10.1. The Labute approximate surface area is 147 Å². The molecule has 3 aromatic rings. The number of nitrogens with zero attached hydrogens (tertiary/aromatic N) is 1. The summed E-state index contributed by atoms with van der Waals surface area (Å²) in [5.41, 5.74) is 2.40. The number of fused-ring (bicyclic) bond motifs is 1. The second kappa shape index (κ2) is 6.62. The van der Waals surface area contributed by atoms with E-state index in [2.05, 4.69) is 15.6 Å². The number of carbonyl (C=O) groups is 1. The van der Waals surface area contributed by atoms with Crippen molar-refractivity contribution in [3.63, 3.8) is 0 Å². The maximum Gasteiger partial charge on any atom is 0.257 e. The van der Waals surface area contributed by atoms with Crippen LogP contribution in [0.4, 0.5) is 5.13 Å². The second-order valence-corrected chi connectivity index (χ2v) is 6.78. The Morgan fingerprint density at radius 2 is 2.09 bits per heavy atom. The maximum absolute atomic E-state index is 12.1. The summed E-state index contributed by atoms with van der Waals surface area (Å²) in [7, 11) is 0. The number of aromatic nitrogens is 1. The fraction of sp³-hybridized carbons (Fsp3) is 0.0625. The van der Waals surface area contributed by atoms with Crippen molar-refractivity contribution in [2.75, 3.05) is 5.32 Å². The Morgan fingerprint density at radius 3 is 2.87 bits per heavy atom. The highest BCUT2D eigenvalue weighted by molar-refractivity contribution is 7.80. The predicted molar refractivity (Wildman–Crippen MR) is 99.5 cm³/mol. The molecular formula is C16H12ClN3OS2. The Hall–Kier alpha value is -2.02. The van der Waals surface area contributed by atoms with Crippen LogP contribution in [0.3, 0.4) is 0 Å². The van der Waals surface area contributed by atoms with Crippen molar-refractivity contribution in [1.82, 2.24) is 10.3 Å².